The van der Waals surface area contributed by atoms with Crippen LogP contribution in [0.3, 0.4) is 0 Å². The van der Waals surface area contributed by atoms with Crippen molar-refractivity contribution < 1.29 is 24.2 Å². The first-order chi connectivity index (χ1) is 29.6. The van der Waals surface area contributed by atoms with Crippen LogP contribution in [0.2, 0.25) is 19.6 Å². The first-order valence-corrected chi connectivity index (χ1v) is 24.4. The Kier molecular flexibility index (Phi) is 10.3. The molecular formula is C54H47IrN3SSi-2. The van der Waals surface area contributed by atoms with Gasteiger partial charge in [0.15, 0.2) is 0 Å². The SMILES string of the molecule is [2H]C([2H])([2H])c1c[c-]c(-c2cc(C(C)(C)C)c([Si](C)(C)C)cn2)cc1.[Ir].[c-]1ccc2c(sc3ccccc32)c1-c1nc2ccccc2n1-c1cccc2ccc(-c3ccccc3)cc12. The Balaban J connectivity index is 0.000000190. The Morgan fingerprint density at radius 3 is 2.27 bits per heavy atom. The van der Waals surface area contributed by atoms with Gasteiger partial charge in [0, 0.05) is 46.2 Å². The third-order valence-corrected chi connectivity index (χ3v) is 14.2. The van der Waals surface area contributed by atoms with Crippen molar-refractivity contribution in [2.45, 2.75) is 52.7 Å². The quantitative estimate of drug-likeness (QED) is 0.127. The van der Waals surface area contributed by atoms with E-state index in [1.54, 1.807) is 18.2 Å². The van der Waals surface area contributed by atoms with E-state index in [0.29, 0.717) is 5.56 Å². The average Bonchev–Trinajstić information content (AvgIpc) is 3.84. The van der Waals surface area contributed by atoms with Crippen molar-refractivity contribution in [2.75, 3.05) is 0 Å². The standard InChI is InChI=1S/C35H21N2S.C19H26NSi.Ir/c1-2-10-23(11-3-1)25-21-20-24-12-8-18-31(29(24)22-25)37-32-17-6-5-16-30(32)36-35(37)28-15-9-14-27-26-13-4-7-19-33(26)38-34(27)28;1-14-8-10-15(11-9-14)17-12-16(19(2,3)4)18(13-20-17)21(5,6)7;/h1-14,16-22H;8-10,12-13H,1-7H3;/q2*-1;/i;1D3;. The molecule has 60 heavy (non-hydrogen) atoms. The number of benzene rings is 7. The second kappa shape index (κ2) is 16.5. The molecule has 0 saturated heterocycles. The Morgan fingerprint density at radius 2 is 1.50 bits per heavy atom. The van der Waals surface area contributed by atoms with Crippen molar-refractivity contribution in [3.63, 3.8) is 0 Å². The third-order valence-electron chi connectivity index (χ3n) is 10.9. The number of imidazole rings is 1. The molecule has 6 heteroatoms. The number of thiophene rings is 1. The van der Waals surface area contributed by atoms with Gasteiger partial charge < -0.3 is 9.55 Å². The van der Waals surface area contributed by atoms with Gasteiger partial charge in [-0.25, -0.2) is 0 Å². The summed E-state index contributed by atoms with van der Waals surface area (Å²) in [6, 6.07) is 58.9. The van der Waals surface area contributed by atoms with E-state index in [2.05, 4.69) is 189 Å². The topological polar surface area (TPSA) is 30.7 Å². The van der Waals surface area contributed by atoms with Crippen LogP contribution in [-0.4, -0.2) is 22.6 Å². The second-order valence-electron chi connectivity index (χ2n) is 17.1. The molecule has 3 aromatic heterocycles. The van der Waals surface area contributed by atoms with Crippen molar-refractivity contribution in [1.82, 2.24) is 14.5 Å². The molecule has 1 radical (unpaired) electrons. The van der Waals surface area contributed by atoms with Crippen LogP contribution in [0.25, 0.3) is 81.4 Å². The molecule has 3 nitrogen and oxygen atoms in total. The molecule has 3 heterocycles. The molecular weight excluding hydrogens is 943 g/mol. The summed E-state index contributed by atoms with van der Waals surface area (Å²) in [6.45, 7) is 11.6. The number of nitrogens with zero attached hydrogens (tertiary/aromatic N) is 3. The van der Waals surface area contributed by atoms with E-state index in [-0.39, 0.29) is 25.5 Å². The minimum Gasteiger partial charge on any atom is -0.333 e. The maximum Gasteiger partial charge on any atom is 0.0799 e. The van der Waals surface area contributed by atoms with E-state index in [4.69, 9.17) is 9.10 Å². The van der Waals surface area contributed by atoms with Crippen LogP contribution in [-0.2, 0) is 25.5 Å². The number of hydrogen-bond donors (Lipinski definition) is 0. The predicted octanol–water partition coefficient (Wildman–Crippen LogP) is 14.4. The summed E-state index contributed by atoms with van der Waals surface area (Å²) < 4.78 is 27.2. The fraction of sp³-hybridized carbons (Fsp3) is 0.148. The van der Waals surface area contributed by atoms with E-state index < -0.39 is 14.9 Å². The Labute approximate surface area is 376 Å². The normalized spacial score (nSPS) is 12.7. The second-order valence-corrected chi connectivity index (χ2v) is 23.2. The Morgan fingerprint density at radius 1 is 0.717 bits per heavy atom. The molecule has 0 saturated carbocycles. The van der Waals surface area contributed by atoms with Crippen molar-refractivity contribution in [3.8, 4) is 39.5 Å². The molecule has 0 spiro atoms. The van der Waals surface area contributed by atoms with Crippen molar-refractivity contribution in [2.24, 2.45) is 0 Å². The van der Waals surface area contributed by atoms with Gasteiger partial charge in [-0.2, -0.15) is 11.3 Å². The molecule has 0 aliphatic carbocycles. The fourth-order valence-corrected chi connectivity index (χ4v) is 10.9. The smallest absolute Gasteiger partial charge is 0.0799 e. The molecule has 10 rings (SSSR count). The Bertz CT molecular complexity index is 3250. The number of hydrogen-bond acceptors (Lipinski definition) is 3. The summed E-state index contributed by atoms with van der Waals surface area (Å²) in [4.78, 5) is 9.85. The summed E-state index contributed by atoms with van der Waals surface area (Å²) in [7, 11) is -1.49. The van der Waals surface area contributed by atoms with E-state index in [1.165, 1.54) is 52.8 Å². The number of pyridine rings is 1. The first-order valence-electron chi connectivity index (χ1n) is 21.6. The van der Waals surface area contributed by atoms with Gasteiger partial charge in [0.25, 0.3) is 0 Å². The number of aromatic nitrogens is 3. The van der Waals surface area contributed by atoms with E-state index in [0.717, 1.165) is 39.4 Å². The van der Waals surface area contributed by atoms with E-state index in [9.17, 15) is 0 Å². The minimum atomic E-state index is -2.10. The average molecular weight is 993 g/mol. The van der Waals surface area contributed by atoms with E-state index >= 15 is 0 Å². The van der Waals surface area contributed by atoms with Gasteiger partial charge in [0.1, 0.15) is 0 Å². The molecule has 0 aliphatic rings. The van der Waals surface area contributed by atoms with Crippen molar-refractivity contribution in [3.05, 3.63) is 181 Å². The number of fused-ring (bicyclic) bond motifs is 5. The minimum absolute atomic E-state index is 0. The number of para-hydroxylation sites is 2. The predicted molar refractivity (Wildman–Crippen MR) is 256 cm³/mol. The van der Waals surface area contributed by atoms with Crippen LogP contribution in [0.15, 0.2) is 158 Å². The number of rotatable bonds is 5. The van der Waals surface area contributed by atoms with Crippen molar-refractivity contribution in [1.29, 1.82) is 0 Å². The van der Waals surface area contributed by atoms with Crippen LogP contribution in [0.1, 0.15) is 36.0 Å². The van der Waals surface area contributed by atoms with Gasteiger partial charge in [0.05, 0.1) is 24.9 Å². The molecule has 0 bridgehead atoms. The van der Waals surface area contributed by atoms with Crippen LogP contribution < -0.4 is 5.19 Å². The molecule has 0 N–H and O–H groups in total. The summed E-state index contributed by atoms with van der Waals surface area (Å²) in [6.07, 6.45) is 2.01. The molecule has 299 valence electrons. The molecule has 0 atom stereocenters. The van der Waals surface area contributed by atoms with Crippen LogP contribution in [0, 0.1) is 19.0 Å². The van der Waals surface area contributed by atoms with Gasteiger partial charge in [-0.15, -0.1) is 53.6 Å². The number of aryl methyl sites for hydroxylation is 1. The Hall–Kier alpha value is -5.49. The summed E-state index contributed by atoms with van der Waals surface area (Å²) >= 11 is 1.82. The summed E-state index contributed by atoms with van der Waals surface area (Å²) in [5, 5.41) is 6.31. The monoisotopic (exact) mass is 993 g/mol. The van der Waals surface area contributed by atoms with Crippen molar-refractivity contribution >= 4 is 66.6 Å². The van der Waals surface area contributed by atoms with Gasteiger partial charge in [0.2, 0.25) is 0 Å². The van der Waals surface area contributed by atoms with Gasteiger partial charge in [-0.1, -0.05) is 149 Å². The van der Waals surface area contributed by atoms with Crippen LogP contribution in [0.4, 0.5) is 0 Å². The largest absolute Gasteiger partial charge is 0.333 e. The summed E-state index contributed by atoms with van der Waals surface area (Å²) in [5.41, 5.74) is 9.98. The molecule has 0 amide bonds. The maximum atomic E-state index is 7.46. The molecule has 0 aliphatic heterocycles. The van der Waals surface area contributed by atoms with Crippen LogP contribution in [0.5, 0.6) is 0 Å². The summed E-state index contributed by atoms with van der Waals surface area (Å²) in [5.74, 6) is 0.918. The van der Waals surface area contributed by atoms with Gasteiger partial charge in [-0.3, -0.25) is 4.98 Å². The third kappa shape index (κ3) is 7.93. The zero-order valence-electron chi connectivity index (χ0n) is 37.6. The molecule has 10 aromatic rings. The zero-order chi connectivity index (χ0) is 43.4. The molecule has 7 aromatic carbocycles. The molecule has 0 unspecified atom stereocenters. The van der Waals surface area contributed by atoms with Gasteiger partial charge >= 0.3 is 0 Å². The zero-order valence-corrected chi connectivity index (χ0v) is 38.8. The first kappa shape index (κ1) is 37.5. The molecule has 0 fully saturated rings. The van der Waals surface area contributed by atoms with Gasteiger partial charge in [-0.05, 0) is 78.8 Å². The van der Waals surface area contributed by atoms with E-state index in [1.807, 2.05) is 23.6 Å². The van der Waals surface area contributed by atoms with Crippen LogP contribution >= 0.6 is 11.3 Å². The fourth-order valence-electron chi connectivity index (χ4n) is 7.96. The maximum absolute atomic E-state index is 7.46.